The molecule has 1 aromatic carbocycles. The smallest absolute Gasteiger partial charge is 0.406 e. The first-order valence-corrected chi connectivity index (χ1v) is 7.00. The minimum atomic E-state index is -4.70. The summed E-state index contributed by atoms with van der Waals surface area (Å²) in [6.07, 6.45) is 0.113. The lowest BCUT2D eigenvalue weighted by molar-refractivity contribution is -0.274. The molecule has 3 nitrogen and oxygen atoms in total. The maximum absolute atomic E-state index is 12.2. The number of alkyl halides is 3. The van der Waals surface area contributed by atoms with Crippen LogP contribution in [0.3, 0.4) is 0 Å². The van der Waals surface area contributed by atoms with Gasteiger partial charge in [0, 0.05) is 17.8 Å². The van der Waals surface area contributed by atoms with Crippen LogP contribution in [0.2, 0.25) is 0 Å². The van der Waals surface area contributed by atoms with Crippen LogP contribution in [0.15, 0.2) is 24.3 Å². The van der Waals surface area contributed by atoms with E-state index in [2.05, 4.69) is 16.1 Å². The highest BCUT2D eigenvalue weighted by molar-refractivity contribution is 5.49. The van der Waals surface area contributed by atoms with Gasteiger partial charge in [-0.15, -0.1) is 13.2 Å². The average molecular weight is 298 g/mol. The summed E-state index contributed by atoms with van der Waals surface area (Å²) in [6, 6.07) is 8.02. The molecule has 6 heteroatoms. The molecule has 1 fully saturated rings. The number of hydrogen-bond donors (Lipinski definition) is 1. The fourth-order valence-electron chi connectivity index (χ4n) is 2.63. The Kier molecular flexibility index (Phi) is 4.94. The molecule has 2 unspecified atom stereocenters. The molecule has 0 heterocycles. The molecular weight excluding hydrogens is 281 g/mol. The minimum Gasteiger partial charge on any atom is -0.406 e. The van der Waals surface area contributed by atoms with Crippen LogP contribution in [0.4, 0.5) is 18.9 Å². The maximum atomic E-state index is 12.2. The number of nitrogens with one attached hydrogen (secondary N) is 1. The highest BCUT2D eigenvalue weighted by Gasteiger charge is 2.31. The number of halogens is 3. The Labute approximate surface area is 121 Å². The number of hydrogen-bond acceptors (Lipinski definition) is 3. The Balaban J connectivity index is 2.07. The predicted molar refractivity (Wildman–Crippen MR) is 72.7 cm³/mol. The number of anilines is 1. The predicted octanol–water partition coefficient (Wildman–Crippen LogP) is 4.47. The van der Waals surface area contributed by atoms with Crippen molar-refractivity contribution in [1.29, 1.82) is 5.26 Å². The van der Waals surface area contributed by atoms with Gasteiger partial charge in [-0.1, -0.05) is 25.3 Å². The number of nitrogens with zero attached hydrogens (tertiary/aromatic N) is 1. The van der Waals surface area contributed by atoms with E-state index in [0.29, 0.717) is 5.69 Å². The second-order valence-electron chi connectivity index (χ2n) is 5.20. The van der Waals surface area contributed by atoms with Gasteiger partial charge in [-0.05, 0) is 25.0 Å². The third kappa shape index (κ3) is 4.85. The first-order valence-electron chi connectivity index (χ1n) is 7.00. The van der Waals surface area contributed by atoms with Gasteiger partial charge in [-0.2, -0.15) is 5.26 Å². The van der Waals surface area contributed by atoms with Crippen molar-refractivity contribution in [3.8, 4) is 11.8 Å². The molecule has 1 N–H and O–H groups in total. The van der Waals surface area contributed by atoms with Gasteiger partial charge < -0.3 is 10.1 Å². The summed E-state index contributed by atoms with van der Waals surface area (Å²) >= 11 is 0. The molecule has 0 saturated heterocycles. The third-order valence-corrected chi connectivity index (χ3v) is 3.60. The van der Waals surface area contributed by atoms with E-state index in [1.807, 2.05) is 0 Å². The summed E-state index contributed by atoms with van der Waals surface area (Å²) < 4.78 is 40.6. The maximum Gasteiger partial charge on any atom is 0.573 e. The molecule has 0 aliphatic heterocycles. The average Bonchev–Trinajstić information content (AvgIpc) is 2.62. The van der Waals surface area contributed by atoms with Crippen molar-refractivity contribution in [2.75, 3.05) is 5.32 Å². The Hall–Kier alpha value is -1.90. The molecule has 114 valence electrons. The van der Waals surface area contributed by atoms with E-state index in [9.17, 15) is 18.4 Å². The fourth-order valence-corrected chi connectivity index (χ4v) is 2.63. The van der Waals surface area contributed by atoms with E-state index < -0.39 is 6.36 Å². The van der Waals surface area contributed by atoms with Gasteiger partial charge in [0.2, 0.25) is 0 Å². The van der Waals surface area contributed by atoms with Crippen LogP contribution in [0.1, 0.15) is 32.1 Å². The number of ether oxygens (including phenoxy) is 1. The first kappa shape index (κ1) is 15.5. The third-order valence-electron chi connectivity index (χ3n) is 3.60. The number of rotatable bonds is 3. The Morgan fingerprint density at radius 1 is 1.19 bits per heavy atom. The largest absolute Gasteiger partial charge is 0.573 e. The van der Waals surface area contributed by atoms with Gasteiger partial charge in [0.1, 0.15) is 5.75 Å². The summed E-state index contributed by atoms with van der Waals surface area (Å²) in [5.74, 6) is -0.366. The first-order chi connectivity index (χ1) is 9.98. The van der Waals surface area contributed by atoms with Crippen molar-refractivity contribution in [1.82, 2.24) is 0 Å². The summed E-state index contributed by atoms with van der Waals surface area (Å²) in [7, 11) is 0. The second-order valence-corrected chi connectivity index (χ2v) is 5.20. The van der Waals surface area contributed by atoms with E-state index in [4.69, 9.17) is 0 Å². The lowest BCUT2D eigenvalue weighted by atomic mass is 9.96. The second kappa shape index (κ2) is 6.70. The molecule has 1 saturated carbocycles. The standard InChI is InChI=1S/C15H17F3N2O/c16-15(17,18)21-13-7-4-6-12(9-13)20-14-8-3-1-2-5-11(14)10-19/h4,6-7,9,11,14,20H,1-3,5,8H2. The van der Waals surface area contributed by atoms with Crippen molar-refractivity contribution in [2.45, 2.75) is 44.5 Å². The summed E-state index contributed by atoms with van der Waals surface area (Å²) in [5.41, 5.74) is 0.545. The van der Waals surface area contributed by atoms with E-state index >= 15 is 0 Å². The molecular formula is C15H17F3N2O. The molecule has 1 aliphatic carbocycles. The van der Waals surface area contributed by atoms with Crippen LogP contribution >= 0.6 is 0 Å². The molecule has 0 radical (unpaired) electrons. The van der Waals surface area contributed by atoms with Crippen molar-refractivity contribution in [3.63, 3.8) is 0 Å². The summed E-state index contributed by atoms with van der Waals surface area (Å²) in [5, 5.41) is 12.4. The van der Waals surface area contributed by atoms with Gasteiger partial charge in [-0.3, -0.25) is 0 Å². The van der Waals surface area contributed by atoms with Gasteiger partial charge in [0.15, 0.2) is 0 Å². The summed E-state index contributed by atoms with van der Waals surface area (Å²) in [4.78, 5) is 0. The van der Waals surface area contributed by atoms with Crippen LogP contribution in [0.25, 0.3) is 0 Å². The fraction of sp³-hybridized carbons (Fsp3) is 0.533. The van der Waals surface area contributed by atoms with E-state index in [1.165, 1.54) is 18.2 Å². The molecule has 1 aromatic rings. The van der Waals surface area contributed by atoms with Gasteiger partial charge in [-0.25, -0.2) is 0 Å². The molecule has 0 bridgehead atoms. The van der Waals surface area contributed by atoms with Gasteiger partial charge in [0.25, 0.3) is 0 Å². The Morgan fingerprint density at radius 3 is 2.67 bits per heavy atom. The Bertz CT molecular complexity index is 510. The topological polar surface area (TPSA) is 45.0 Å². The van der Waals surface area contributed by atoms with E-state index in [-0.39, 0.29) is 17.7 Å². The molecule has 0 spiro atoms. The quantitative estimate of drug-likeness (QED) is 0.837. The molecule has 0 amide bonds. The molecule has 2 atom stereocenters. The van der Waals surface area contributed by atoms with Crippen LogP contribution in [-0.2, 0) is 0 Å². The zero-order valence-corrected chi connectivity index (χ0v) is 11.5. The highest BCUT2D eigenvalue weighted by Crippen LogP contribution is 2.29. The number of benzene rings is 1. The van der Waals surface area contributed by atoms with E-state index in [1.54, 1.807) is 6.07 Å². The van der Waals surface area contributed by atoms with Crippen molar-refractivity contribution < 1.29 is 17.9 Å². The van der Waals surface area contributed by atoms with Crippen molar-refractivity contribution >= 4 is 5.69 Å². The Morgan fingerprint density at radius 2 is 1.95 bits per heavy atom. The lowest BCUT2D eigenvalue weighted by Gasteiger charge is -2.22. The van der Waals surface area contributed by atoms with Crippen LogP contribution in [0.5, 0.6) is 5.75 Å². The SMILES string of the molecule is N#CC1CCCCCC1Nc1cccc(OC(F)(F)F)c1. The minimum absolute atomic E-state index is 0.0290. The molecule has 0 aromatic heterocycles. The zero-order valence-electron chi connectivity index (χ0n) is 11.5. The van der Waals surface area contributed by atoms with Crippen molar-refractivity contribution in [2.24, 2.45) is 5.92 Å². The number of nitriles is 1. The monoisotopic (exact) mass is 298 g/mol. The van der Waals surface area contributed by atoms with Gasteiger partial charge in [0.05, 0.1) is 12.0 Å². The zero-order chi connectivity index (χ0) is 15.3. The molecule has 21 heavy (non-hydrogen) atoms. The molecule has 2 rings (SSSR count). The van der Waals surface area contributed by atoms with Crippen molar-refractivity contribution in [3.05, 3.63) is 24.3 Å². The van der Waals surface area contributed by atoms with E-state index in [0.717, 1.165) is 32.1 Å². The van der Waals surface area contributed by atoms with Gasteiger partial charge >= 0.3 is 6.36 Å². The molecule has 1 aliphatic rings. The summed E-state index contributed by atoms with van der Waals surface area (Å²) in [6.45, 7) is 0. The van der Waals surface area contributed by atoms with Crippen LogP contribution < -0.4 is 10.1 Å². The normalized spacial score (nSPS) is 23.0. The highest BCUT2D eigenvalue weighted by atomic mass is 19.4. The lowest BCUT2D eigenvalue weighted by Crippen LogP contribution is -2.27. The van der Waals surface area contributed by atoms with Crippen LogP contribution in [0, 0.1) is 17.2 Å². The van der Waals surface area contributed by atoms with Crippen LogP contribution in [-0.4, -0.2) is 12.4 Å².